The molecule has 0 radical (unpaired) electrons. The minimum absolute atomic E-state index is 0.0978. The van der Waals surface area contributed by atoms with Crippen molar-refractivity contribution in [3.8, 4) is 0 Å². The monoisotopic (exact) mass is 570 g/mol. The van der Waals surface area contributed by atoms with Crippen LogP contribution in [0.2, 0.25) is 0 Å². The highest BCUT2D eigenvalue weighted by atomic mass is 127. The van der Waals surface area contributed by atoms with Gasteiger partial charge in [-0.15, -0.1) is 0 Å². The van der Waals surface area contributed by atoms with Crippen LogP contribution in [0.15, 0.2) is 0 Å². The van der Waals surface area contributed by atoms with Crippen molar-refractivity contribution in [2.75, 3.05) is 4.43 Å². The second-order valence-electron chi connectivity index (χ2n) is 13.4. The van der Waals surface area contributed by atoms with E-state index < -0.39 is 0 Å². The quantitative estimate of drug-likeness (QED) is 0.196. The van der Waals surface area contributed by atoms with E-state index in [0.29, 0.717) is 29.0 Å². The van der Waals surface area contributed by atoms with Crippen molar-refractivity contribution in [1.29, 1.82) is 0 Å². The molecule has 5 aliphatic rings. The van der Waals surface area contributed by atoms with Crippen LogP contribution in [0.5, 0.6) is 0 Å². The first-order valence-corrected chi connectivity index (χ1v) is 15.6. The van der Waals surface area contributed by atoms with Crippen molar-refractivity contribution in [1.82, 2.24) is 0 Å². The minimum Gasteiger partial charge on any atom is -0.463 e. The van der Waals surface area contributed by atoms with E-state index in [0.717, 1.165) is 48.3 Å². The molecule has 4 aliphatic carbocycles. The Labute approximate surface area is 216 Å². The summed E-state index contributed by atoms with van der Waals surface area (Å²) in [6, 6.07) is 0. The van der Waals surface area contributed by atoms with Gasteiger partial charge in [0.25, 0.3) is 0 Å². The summed E-state index contributed by atoms with van der Waals surface area (Å²) in [5.41, 5.74) is 0.927. The summed E-state index contributed by atoms with van der Waals surface area (Å²) < 4.78 is 13.8. The molecule has 0 aromatic rings. The number of fused-ring (bicyclic) bond motifs is 7. The lowest BCUT2D eigenvalue weighted by Crippen LogP contribution is -2.54. The van der Waals surface area contributed by atoms with Gasteiger partial charge in [-0.05, 0) is 116 Å². The fourth-order valence-electron chi connectivity index (χ4n) is 10.1. The normalized spacial score (nSPS) is 51.8. The molecule has 5 fully saturated rings. The maximum absolute atomic E-state index is 11.5. The summed E-state index contributed by atoms with van der Waals surface area (Å²) in [4.78, 5) is 11.5. The maximum atomic E-state index is 11.5. The molecule has 1 heterocycles. The lowest BCUT2D eigenvalue weighted by molar-refractivity contribution is -0.160. The summed E-state index contributed by atoms with van der Waals surface area (Å²) in [6.07, 6.45) is 14.0. The Bertz CT molecular complexity index is 740. The van der Waals surface area contributed by atoms with E-state index in [-0.39, 0.29) is 12.1 Å². The van der Waals surface area contributed by atoms with Gasteiger partial charge in [-0.25, -0.2) is 0 Å². The molecule has 0 aromatic heterocycles. The summed E-state index contributed by atoms with van der Waals surface area (Å²) in [7, 11) is 0. The van der Waals surface area contributed by atoms with Crippen molar-refractivity contribution in [2.24, 2.45) is 52.3 Å². The van der Waals surface area contributed by atoms with Gasteiger partial charge in [0.15, 0.2) is 0 Å². The van der Waals surface area contributed by atoms with Crippen LogP contribution in [0, 0.1) is 52.3 Å². The molecular weight excluding hydrogens is 523 g/mol. The summed E-state index contributed by atoms with van der Waals surface area (Å²) >= 11 is 2.53. The third-order valence-electron chi connectivity index (χ3n) is 11.7. The Kier molecular flexibility index (Phi) is 6.95. The molecule has 0 amide bonds. The van der Waals surface area contributed by atoms with Crippen molar-refractivity contribution in [2.45, 2.75) is 117 Å². The van der Waals surface area contributed by atoms with Gasteiger partial charge >= 0.3 is 5.97 Å². The third-order valence-corrected chi connectivity index (χ3v) is 13.2. The standard InChI is InChI=1S/C29H47IO3/c1-17(16-30)6-9-25-18(2)27-26(33-25)15-24-22-8-7-20-14-21(32-19(3)31)10-12-28(20,4)23(22)11-13-29(24,27)5/h17-18,20-27H,6-16H2,1-5H3/t17?,18-,20?,21?,22-,23+,24+,25?,26+,27+,28+,29+/m1/s1. The number of carbonyl (C=O) groups is 1. The van der Waals surface area contributed by atoms with E-state index in [4.69, 9.17) is 9.47 Å². The smallest absolute Gasteiger partial charge is 0.302 e. The molecule has 5 rings (SSSR count). The van der Waals surface area contributed by atoms with Crippen molar-refractivity contribution in [3.05, 3.63) is 0 Å². The van der Waals surface area contributed by atoms with Gasteiger partial charge in [0.2, 0.25) is 0 Å². The van der Waals surface area contributed by atoms with Crippen LogP contribution in [0.4, 0.5) is 0 Å². The summed E-state index contributed by atoms with van der Waals surface area (Å²) in [5, 5.41) is 0. The van der Waals surface area contributed by atoms with Gasteiger partial charge in [-0.3, -0.25) is 4.79 Å². The van der Waals surface area contributed by atoms with Crippen LogP contribution in [0.1, 0.15) is 98.8 Å². The zero-order valence-corrected chi connectivity index (χ0v) is 23.8. The maximum Gasteiger partial charge on any atom is 0.302 e. The van der Waals surface area contributed by atoms with Crippen molar-refractivity contribution >= 4 is 28.6 Å². The number of rotatable bonds is 5. The Hall–Kier alpha value is 0.160. The molecule has 4 unspecified atom stereocenters. The van der Waals surface area contributed by atoms with Gasteiger partial charge < -0.3 is 9.47 Å². The predicted molar refractivity (Wildman–Crippen MR) is 141 cm³/mol. The summed E-state index contributed by atoms with van der Waals surface area (Å²) in [5.74, 6) is 5.54. The van der Waals surface area contributed by atoms with E-state index in [1.54, 1.807) is 6.92 Å². The van der Waals surface area contributed by atoms with E-state index in [1.807, 2.05) is 0 Å². The van der Waals surface area contributed by atoms with Crippen molar-refractivity contribution < 1.29 is 14.3 Å². The molecule has 0 aromatic carbocycles. The molecule has 12 atom stereocenters. The average molecular weight is 571 g/mol. The topological polar surface area (TPSA) is 35.5 Å². The molecule has 0 N–H and O–H groups in total. The largest absolute Gasteiger partial charge is 0.463 e. The van der Waals surface area contributed by atoms with E-state index >= 15 is 0 Å². The number of alkyl halides is 1. The van der Waals surface area contributed by atoms with Gasteiger partial charge in [-0.2, -0.15) is 0 Å². The van der Waals surface area contributed by atoms with Gasteiger partial charge in [0.05, 0.1) is 12.2 Å². The van der Waals surface area contributed by atoms with Crippen LogP contribution >= 0.6 is 22.6 Å². The Morgan fingerprint density at radius 3 is 2.58 bits per heavy atom. The Balaban J connectivity index is 1.29. The molecule has 1 saturated heterocycles. The minimum atomic E-state index is -0.0978. The molecule has 1 aliphatic heterocycles. The van der Waals surface area contributed by atoms with Crippen LogP contribution < -0.4 is 0 Å². The highest BCUT2D eigenvalue weighted by Crippen LogP contribution is 2.70. The lowest BCUT2D eigenvalue weighted by atomic mass is 9.44. The number of hydrogen-bond donors (Lipinski definition) is 0. The van der Waals surface area contributed by atoms with Gasteiger partial charge in [0.1, 0.15) is 6.10 Å². The lowest BCUT2D eigenvalue weighted by Gasteiger charge is -2.61. The molecule has 3 nitrogen and oxygen atoms in total. The molecule has 0 bridgehead atoms. The highest BCUT2D eigenvalue weighted by Gasteiger charge is 2.65. The van der Waals surface area contributed by atoms with E-state index in [1.165, 1.54) is 55.8 Å². The first-order chi connectivity index (χ1) is 15.7. The Morgan fingerprint density at radius 1 is 1.09 bits per heavy atom. The SMILES string of the molecule is CC(=O)OC1CC[C@@]2(C)C(CC[C@H]3[C@@H]4C[C@@H]5OC(CCC(C)CI)[C@@H](C)[C@@H]5[C@@]4(C)CC[C@@H]32)C1. The fraction of sp³-hybridized carbons (Fsp3) is 0.966. The molecule has 4 saturated carbocycles. The molecule has 188 valence electrons. The first-order valence-electron chi connectivity index (χ1n) is 14.1. The molecule has 4 heteroatoms. The number of halogens is 1. The zero-order valence-electron chi connectivity index (χ0n) is 21.7. The second-order valence-corrected chi connectivity index (χ2v) is 14.3. The molecule has 0 spiro atoms. The average Bonchev–Trinajstić information content (AvgIpc) is 3.25. The number of carbonyl (C=O) groups excluding carboxylic acids is 1. The van der Waals surface area contributed by atoms with E-state index in [2.05, 4.69) is 50.3 Å². The first kappa shape index (κ1) is 24.8. The van der Waals surface area contributed by atoms with Gasteiger partial charge in [-0.1, -0.05) is 50.3 Å². The Morgan fingerprint density at radius 2 is 1.85 bits per heavy atom. The van der Waals surface area contributed by atoms with Crippen LogP contribution in [-0.4, -0.2) is 28.7 Å². The predicted octanol–water partition coefficient (Wildman–Crippen LogP) is 7.44. The molecular formula is C29H47IO3. The second kappa shape index (κ2) is 9.23. The van der Waals surface area contributed by atoms with Gasteiger partial charge in [0, 0.05) is 11.4 Å². The van der Waals surface area contributed by atoms with Crippen LogP contribution in [0.3, 0.4) is 0 Å². The number of esters is 1. The zero-order chi connectivity index (χ0) is 23.5. The van der Waals surface area contributed by atoms with E-state index in [9.17, 15) is 4.79 Å². The van der Waals surface area contributed by atoms with Crippen LogP contribution in [-0.2, 0) is 14.3 Å². The van der Waals surface area contributed by atoms with Crippen LogP contribution in [0.25, 0.3) is 0 Å². The summed E-state index contributed by atoms with van der Waals surface area (Å²) in [6.45, 7) is 11.8. The highest BCUT2D eigenvalue weighted by molar-refractivity contribution is 14.1. The fourth-order valence-corrected chi connectivity index (χ4v) is 10.5. The number of ether oxygens (including phenoxy) is 2. The number of hydrogen-bond acceptors (Lipinski definition) is 3. The molecule has 33 heavy (non-hydrogen) atoms. The third kappa shape index (κ3) is 4.13. The van der Waals surface area contributed by atoms with Crippen molar-refractivity contribution in [3.63, 3.8) is 0 Å².